The molecule has 25 heavy (non-hydrogen) atoms. The fourth-order valence-corrected chi connectivity index (χ4v) is 3.87. The summed E-state index contributed by atoms with van der Waals surface area (Å²) in [5.74, 6) is -0.244. The molecular formula is C20H29NO4. The zero-order valence-corrected chi connectivity index (χ0v) is 15.3. The number of carboxylic acid groups (broad SMARTS) is 1. The van der Waals surface area contributed by atoms with Crippen LogP contribution in [0.4, 0.5) is 0 Å². The topological polar surface area (TPSA) is 78.8 Å². The number of rotatable bonds is 3. The highest BCUT2D eigenvalue weighted by Crippen LogP contribution is 2.36. The van der Waals surface area contributed by atoms with Crippen LogP contribution in [0.5, 0.6) is 5.75 Å². The van der Waals surface area contributed by atoms with Crippen LogP contribution in [-0.4, -0.2) is 34.9 Å². The first-order valence-corrected chi connectivity index (χ1v) is 9.20. The molecule has 0 radical (unpaired) electrons. The number of ether oxygens (including phenoxy) is 1. The number of carbonyl (C=O) groups is 1. The van der Waals surface area contributed by atoms with Gasteiger partial charge >= 0.3 is 5.97 Å². The van der Waals surface area contributed by atoms with Gasteiger partial charge in [-0.1, -0.05) is 39.3 Å². The molecule has 138 valence electrons. The first-order chi connectivity index (χ1) is 11.8. The maximum absolute atomic E-state index is 11.2. The second-order valence-corrected chi connectivity index (χ2v) is 8.43. The normalized spacial score (nSPS) is 29.6. The van der Waals surface area contributed by atoms with Gasteiger partial charge in [0.2, 0.25) is 0 Å². The van der Waals surface area contributed by atoms with Gasteiger partial charge in [0.1, 0.15) is 18.5 Å². The summed E-state index contributed by atoms with van der Waals surface area (Å²) in [5, 5.41) is 23.4. The maximum atomic E-state index is 11.2. The quantitative estimate of drug-likeness (QED) is 0.783. The number of aliphatic hydroxyl groups excluding tert-OH is 1. The van der Waals surface area contributed by atoms with Gasteiger partial charge in [-0.2, -0.15) is 0 Å². The second-order valence-electron chi connectivity index (χ2n) is 8.43. The van der Waals surface area contributed by atoms with Gasteiger partial charge < -0.3 is 20.3 Å². The standard InChI is InChI=1S/C20H29NO4/c1-20(2,3)13-7-8-15-17(10-13)25-11-16(18(15)22)21-14-6-4-5-12(9-14)19(23)24/h7-8,10,12,14,16,18,21-22H,4-6,9,11H2,1-3H3,(H,23,24)/t12-,14-,16-,18+/m1/s1. The minimum Gasteiger partial charge on any atom is -0.491 e. The Morgan fingerprint density at radius 2 is 2.04 bits per heavy atom. The Morgan fingerprint density at radius 3 is 2.72 bits per heavy atom. The Balaban J connectivity index is 1.69. The van der Waals surface area contributed by atoms with E-state index < -0.39 is 12.1 Å². The van der Waals surface area contributed by atoms with Gasteiger partial charge in [-0.15, -0.1) is 0 Å². The van der Waals surface area contributed by atoms with Crippen molar-refractivity contribution in [2.75, 3.05) is 6.61 Å². The van der Waals surface area contributed by atoms with Crippen LogP contribution >= 0.6 is 0 Å². The zero-order valence-electron chi connectivity index (χ0n) is 15.3. The van der Waals surface area contributed by atoms with Crippen LogP contribution in [-0.2, 0) is 10.2 Å². The fraction of sp³-hybridized carbons (Fsp3) is 0.650. The number of hydrogen-bond donors (Lipinski definition) is 3. The van der Waals surface area contributed by atoms with Crippen LogP contribution in [0.1, 0.15) is 63.7 Å². The number of fused-ring (bicyclic) bond motifs is 1. The summed E-state index contributed by atoms with van der Waals surface area (Å²) in [7, 11) is 0. The van der Waals surface area contributed by atoms with Gasteiger partial charge in [0.05, 0.1) is 12.0 Å². The summed E-state index contributed by atoms with van der Waals surface area (Å²) in [6.07, 6.45) is 2.58. The average molecular weight is 347 g/mol. The molecule has 1 aromatic rings. The Morgan fingerprint density at radius 1 is 1.28 bits per heavy atom. The zero-order chi connectivity index (χ0) is 18.2. The van der Waals surface area contributed by atoms with E-state index in [9.17, 15) is 15.0 Å². The van der Waals surface area contributed by atoms with Crippen molar-refractivity contribution in [3.8, 4) is 5.75 Å². The van der Waals surface area contributed by atoms with Crippen molar-refractivity contribution in [1.29, 1.82) is 0 Å². The SMILES string of the molecule is CC(C)(C)c1ccc2c(c1)OC[C@@H](N[C@@H]1CCC[C@@H](C(=O)O)C1)[C@H]2O. The smallest absolute Gasteiger partial charge is 0.306 e. The number of aliphatic hydroxyl groups is 1. The van der Waals surface area contributed by atoms with Crippen molar-refractivity contribution in [1.82, 2.24) is 5.32 Å². The Hall–Kier alpha value is -1.59. The van der Waals surface area contributed by atoms with Gasteiger partial charge in [0.15, 0.2) is 0 Å². The molecule has 1 heterocycles. The van der Waals surface area contributed by atoms with Crippen LogP contribution in [0.15, 0.2) is 18.2 Å². The van der Waals surface area contributed by atoms with Crippen LogP contribution in [0.2, 0.25) is 0 Å². The van der Waals surface area contributed by atoms with Crippen LogP contribution in [0.3, 0.4) is 0 Å². The lowest BCUT2D eigenvalue weighted by Gasteiger charge is -2.36. The molecule has 5 heteroatoms. The molecular weight excluding hydrogens is 318 g/mol. The molecule has 1 fully saturated rings. The molecule has 1 aliphatic heterocycles. The molecule has 5 nitrogen and oxygen atoms in total. The van der Waals surface area contributed by atoms with Gasteiger partial charge in [0.25, 0.3) is 0 Å². The molecule has 1 aromatic carbocycles. The summed E-state index contributed by atoms with van der Waals surface area (Å²) in [4.78, 5) is 11.2. The van der Waals surface area contributed by atoms with E-state index in [1.54, 1.807) is 0 Å². The summed E-state index contributed by atoms with van der Waals surface area (Å²) >= 11 is 0. The van der Waals surface area contributed by atoms with E-state index >= 15 is 0 Å². The van der Waals surface area contributed by atoms with E-state index in [0.29, 0.717) is 13.0 Å². The van der Waals surface area contributed by atoms with E-state index in [2.05, 4.69) is 32.2 Å². The number of hydrogen-bond acceptors (Lipinski definition) is 4. The first kappa shape index (κ1) is 18.2. The third-order valence-electron chi connectivity index (χ3n) is 5.47. The minimum absolute atomic E-state index is 0.0341. The molecule has 0 saturated heterocycles. The molecule has 2 aliphatic rings. The van der Waals surface area contributed by atoms with Crippen molar-refractivity contribution in [3.05, 3.63) is 29.3 Å². The van der Waals surface area contributed by atoms with E-state index in [4.69, 9.17) is 4.74 Å². The summed E-state index contributed by atoms with van der Waals surface area (Å²) in [5.41, 5.74) is 2.02. The van der Waals surface area contributed by atoms with E-state index in [1.165, 1.54) is 5.56 Å². The van der Waals surface area contributed by atoms with Gasteiger partial charge in [-0.25, -0.2) is 0 Å². The Bertz CT molecular complexity index is 637. The Kier molecular flexibility index (Phi) is 5.07. The molecule has 0 amide bonds. The number of carboxylic acids is 1. The largest absolute Gasteiger partial charge is 0.491 e. The van der Waals surface area contributed by atoms with Crippen LogP contribution in [0, 0.1) is 5.92 Å². The van der Waals surface area contributed by atoms with E-state index in [1.807, 2.05) is 12.1 Å². The van der Waals surface area contributed by atoms with Crippen LogP contribution in [0.25, 0.3) is 0 Å². The summed E-state index contributed by atoms with van der Waals surface area (Å²) < 4.78 is 5.92. The highest BCUT2D eigenvalue weighted by atomic mass is 16.5. The highest BCUT2D eigenvalue weighted by Gasteiger charge is 2.34. The fourth-order valence-electron chi connectivity index (χ4n) is 3.87. The van der Waals surface area contributed by atoms with Crippen molar-refractivity contribution in [3.63, 3.8) is 0 Å². The monoisotopic (exact) mass is 347 g/mol. The van der Waals surface area contributed by atoms with Crippen molar-refractivity contribution in [2.24, 2.45) is 5.92 Å². The van der Waals surface area contributed by atoms with Crippen molar-refractivity contribution in [2.45, 2.75) is 70.1 Å². The van der Waals surface area contributed by atoms with Crippen LogP contribution < -0.4 is 10.1 Å². The lowest BCUT2D eigenvalue weighted by Crippen LogP contribution is -2.49. The molecule has 4 atom stereocenters. The molecule has 1 aliphatic carbocycles. The number of nitrogens with one attached hydrogen (secondary N) is 1. The first-order valence-electron chi connectivity index (χ1n) is 9.20. The van der Waals surface area contributed by atoms with Gasteiger partial charge in [-0.05, 0) is 36.3 Å². The lowest BCUT2D eigenvalue weighted by atomic mass is 9.84. The van der Waals surface area contributed by atoms with Gasteiger partial charge in [0, 0.05) is 11.6 Å². The van der Waals surface area contributed by atoms with E-state index in [-0.39, 0.29) is 23.4 Å². The molecule has 0 spiro atoms. The van der Waals surface area contributed by atoms with Crippen molar-refractivity contribution < 1.29 is 19.7 Å². The molecule has 0 aromatic heterocycles. The average Bonchev–Trinajstić information content (AvgIpc) is 2.56. The molecule has 0 bridgehead atoms. The van der Waals surface area contributed by atoms with Gasteiger partial charge in [-0.3, -0.25) is 4.79 Å². The summed E-state index contributed by atoms with van der Waals surface area (Å²) in [6.45, 7) is 6.86. The van der Waals surface area contributed by atoms with Crippen molar-refractivity contribution >= 4 is 5.97 Å². The molecule has 3 rings (SSSR count). The predicted molar refractivity (Wildman–Crippen MR) is 95.9 cm³/mol. The number of benzene rings is 1. The minimum atomic E-state index is -0.716. The molecule has 3 N–H and O–H groups in total. The Labute approximate surface area is 149 Å². The summed E-state index contributed by atoms with van der Waals surface area (Å²) in [6, 6.07) is 5.94. The molecule has 1 saturated carbocycles. The second kappa shape index (κ2) is 6.96. The van der Waals surface area contributed by atoms with E-state index in [0.717, 1.165) is 30.6 Å². The lowest BCUT2D eigenvalue weighted by molar-refractivity contribution is -0.143. The maximum Gasteiger partial charge on any atom is 0.306 e. The third kappa shape index (κ3) is 3.98. The molecule has 0 unspecified atom stereocenters. The predicted octanol–water partition coefficient (Wildman–Crippen LogP) is 3.01. The highest BCUT2D eigenvalue weighted by molar-refractivity contribution is 5.70. The number of aliphatic carboxylic acids is 1. The third-order valence-corrected chi connectivity index (χ3v) is 5.47.